The molecule has 5 unspecified atom stereocenters. The van der Waals surface area contributed by atoms with Gasteiger partial charge in [-0.3, -0.25) is 0 Å². The molecule has 0 N–H and O–H groups in total. The van der Waals surface area contributed by atoms with Gasteiger partial charge in [-0.25, -0.2) is 0 Å². The topological polar surface area (TPSA) is 3.24 Å². The van der Waals surface area contributed by atoms with Gasteiger partial charge in [0.05, 0.1) is 0 Å². The number of piperidine rings is 1. The van der Waals surface area contributed by atoms with E-state index in [1.54, 1.807) is 0 Å². The van der Waals surface area contributed by atoms with Gasteiger partial charge in [0.25, 0.3) is 0 Å². The monoisotopic (exact) mass is 245 g/mol. The zero-order valence-corrected chi connectivity index (χ0v) is 11.6. The van der Waals surface area contributed by atoms with Crippen LogP contribution in [-0.4, -0.2) is 24.0 Å². The first-order valence-electron chi connectivity index (χ1n) is 8.34. The van der Waals surface area contributed by atoms with Crippen molar-refractivity contribution in [2.24, 2.45) is 23.7 Å². The summed E-state index contributed by atoms with van der Waals surface area (Å²) in [6.45, 7) is 2.81. The van der Waals surface area contributed by atoms with Gasteiger partial charge in [0.1, 0.15) is 0 Å². The molecule has 5 atom stereocenters. The Morgan fingerprint density at radius 1 is 0.778 bits per heavy atom. The van der Waals surface area contributed by atoms with Crippen LogP contribution in [0.15, 0.2) is 12.2 Å². The standard InChI is InChI=1S/C17H27N/c1-2-7-17-16-9-8-13-5-4-6-14(13)15(16)10-12-18(17)11-3-1/h4-5,13-17H,1-3,6-12H2. The summed E-state index contributed by atoms with van der Waals surface area (Å²) in [6, 6.07) is 0.966. The first-order valence-corrected chi connectivity index (χ1v) is 8.34. The van der Waals surface area contributed by atoms with Crippen molar-refractivity contribution in [1.29, 1.82) is 0 Å². The molecule has 2 heterocycles. The normalized spacial score (nSPS) is 48.1. The van der Waals surface area contributed by atoms with Crippen LogP contribution in [0.25, 0.3) is 0 Å². The highest BCUT2D eigenvalue weighted by Gasteiger charge is 2.46. The average Bonchev–Trinajstić information content (AvgIpc) is 2.75. The van der Waals surface area contributed by atoms with Gasteiger partial charge < -0.3 is 4.90 Å². The number of rotatable bonds is 0. The van der Waals surface area contributed by atoms with Gasteiger partial charge in [0, 0.05) is 6.04 Å². The van der Waals surface area contributed by atoms with Crippen molar-refractivity contribution < 1.29 is 0 Å². The van der Waals surface area contributed by atoms with Crippen LogP contribution in [0.3, 0.4) is 0 Å². The van der Waals surface area contributed by atoms with E-state index in [9.17, 15) is 0 Å². The van der Waals surface area contributed by atoms with Crippen molar-refractivity contribution >= 4 is 0 Å². The molecule has 4 aliphatic rings. The lowest BCUT2D eigenvalue weighted by Crippen LogP contribution is -2.52. The third-order valence-corrected chi connectivity index (χ3v) is 6.43. The molecule has 2 aliphatic carbocycles. The molecule has 3 fully saturated rings. The molecule has 2 saturated heterocycles. The van der Waals surface area contributed by atoms with E-state index in [-0.39, 0.29) is 0 Å². The zero-order valence-electron chi connectivity index (χ0n) is 11.6. The van der Waals surface area contributed by atoms with Gasteiger partial charge in [-0.2, -0.15) is 0 Å². The maximum Gasteiger partial charge on any atom is 0.0126 e. The summed E-state index contributed by atoms with van der Waals surface area (Å²) in [5, 5.41) is 0. The predicted octanol–water partition coefficient (Wildman–Crippen LogP) is 3.85. The third-order valence-electron chi connectivity index (χ3n) is 6.43. The summed E-state index contributed by atoms with van der Waals surface area (Å²) in [5.74, 6) is 4.12. The number of fused-ring (bicyclic) bond motifs is 5. The fraction of sp³-hybridized carbons (Fsp3) is 0.882. The van der Waals surface area contributed by atoms with Crippen molar-refractivity contribution in [2.75, 3.05) is 13.1 Å². The van der Waals surface area contributed by atoms with E-state index in [1.807, 2.05) is 0 Å². The van der Waals surface area contributed by atoms with E-state index in [4.69, 9.17) is 0 Å². The molecule has 0 radical (unpaired) electrons. The maximum absolute atomic E-state index is 2.87. The fourth-order valence-electron chi connectivity index (χ4n) is 5.62. The van der Waals surface area contributed by atoms with Crippen LogP contribution in [0.5, 0.6) is 0 Å². The van der Waals surface area contributed by atoms with E-state index in [0.717, 1.165) is 29.7 Å². The average molecular weight is 245 g/mol. The fourth-order valence-corrected chi connectivity index (χ4v) is 5.62. The summed E-state index contributed by atoms with van der Waals surface area (Å²) in [6.07, 6.45) is 16.9. The Balaban J connectivity index is 1.56. The molecule has 0 bridgehead atoms. The number of hydrogen-bond donors (Lipinski definition) is 0. The summed E-state index contributed by atoms with van der Waals surface area (Å²) in [5.41, 5.74) is 0. The smallest absolute Gasteiger partial charge is 0.0126 e. The molecule has 2 aliphatic heterocycles. The maximum atomic E-state index is 2.87. The first-order chi connectivity index (χ1) is 8.93. The second-order valence-electron chi connectivity index (χ2n) is 7.14. The van der Waals surface area contributed by atoms with Gasteiger partial charge in [-0.05, 0) is 75.3 Å². The lowest BCUT2D eigenvalue weighted by atomic mass is 9.62. The largest absolute Gasteiger partial charge is 0.300 e. The van der Waals surface area contributed by atoms with Crippen molar-refractivity contribution in [3.05, 3.63) is 12.2 Å². The van der Waals surface area contributed by atoms with Gasteiger partial charge in [0.2, 0.25) is 0 Å². The van der Waals surface area contributed by atoms with E-state index >= 15 is 0 Å². The van der Waals surface area contributed by atoms with Crippen molar-refractivity contribution in [2.45, 2.75) is 57.4 Å². The van der Waals surface area contributed by atoms with Crippen molar-refractivity contribution in [1.82, 2.24) is 4.90 Å². The molecule has 1 nitrogen and oxygen atoms in total. The quantitative estimate of drug-likeness (QED) is 0.586. The van der Waals surface area contributed by atoms with Crippen LogP contribution in [-0.2, 0) is 0 Å². The SMILES string of the molecule is C1=CC2CCC3C(CCN4CCCCCC34)C2C1. The highest BCUT2D eigenvalue weighted by atomic mass is 15.2. The third kappa shape index (κ3) is 1.78. The van der Waals surface area contributed by atoms with Crippen LogP contribution in [0.2, 0.25) is 0 Å². The first kappa shape index (κ1) is 11.5. The minimum absolute atomic E-state index is 0.962. The second kappa shape index (κ2) is 4.67. The Morgan fingerprint density at radius 3 is 2.78 bits per heavy atom. The number of hydrogen-bond acceptors (Lipinski definition) is 1. The van der Waals surface area contributed by atoms with E-state index in [0.29, 0.717) is 0 Å². The highest BCUT2D eigenvalue weighted by molar-refractivity contribution is 5.08. The molecule has 1 heteroatoms. The molecule has 100 valence electrons. The van der Waals surface area contributed by atoms with Crippen LogP contribution >= 0.6 is 0 Å². The van der Waals surface area contributed by atoms with Crippen LogP contribution < -0.4 is 0 Å². The second-order valence-corrected chi connectivity index (χ2v) is 7.14. The lowest BCUT2D eigenvalue weighted by molar-refractivity contribution is -0.0141. The highest BCUT2D eigenvalue weighted by Crippen LogP contribution is 2.50. The Morgan fingerprint density at radius 2 is 1.78 bits per heavy atom. The van der Waals surface area contributed by atoms with Crippen LogP contribution in [0.4, 0.5) is 0 Å². The van der Waals surface area contributed by atoms with E-state index in [1.165, 1.54) is 64.5 Å². The van der Waals surface area contributed by atoms with Gasteiger partial charge in [-0.15, -0.1) is 0 Å². The molecule has 1 saturated carbocycles. The molecule has 18 heavy (non-hydrogen) atoms. The van der Waals surface area contributed by atoms with E-state index in [2.05, 4.69) is 17.1 Å². The molecule has 4 rings (SSSR count). The van der Waals surface area contributed by atoms with E-state index < -0.39 is 0 Å². The molecule has 0 spiro atoms. The summed E-state index contributed by atoms with van der Waals surface area (Å²) in [7, 11) is 0. The Hall–Kier alpha value is -0.300. The van der Waals surface area contributed by atoms with Gasteiger partial charge >= 0.3 is 0 Å². The molecule has 0 aromatic heterocycles. The molecule has 0 aromatic rings. The van der Waals surface area contributed by atoms with Crippen molar-refractivity contribution in [3.8, 4) is 0 Å². The Labute approximate surface area is 112 Å². The van der Waals surface area contributed by atoms with Gasteiger partial charge in [-0.1, -0.05) is 25.0 Å². The molecule has 0 aromatic carbocycles. The van der Waals surface area contributed by atoms with Gasteiger partial charge in [0.15, 0.2) is 0 Å². The number of nitrogens with zero attached hydrogens (tertiary/aromatic N) is 1. The van der Waals surface area contributed by atoms with Crippen LogP contribution in [0.1, 0.15) is 51.4 Å². The molecular weight excluding hydrogens is 218 g/mol. The summed E-state index contributed by atoms with van der Waals surface area (Å²) < 4.78 is 0. The van der Waals surface area contributed by atoms with Crippen molar-refractivity contribution in [3.63, 3.8) is 0 Å². The van der Waals surface area contributed by atoms with Crippen LogP contribution in [0, 0.1) is 23.7 Å². The minimum Gasteiger partial charge on any atom is -0.300 e. The summed E-state index contributed by atoms with van der Waals surface area (Å²) >= 11 is 0. The number of allylic oxidation sites excluding steroid dienone is 2. The predicted molar refractivity (Wildman–Crippen MR) is 75.4 cm³/mol. The molecular formula is C17H27N. The minimum atomic E-state index is 0.962. The Kier molecular flexibility index (Phi) is 2.99. The molecule has 0 amide bonds. The zero-order chi connectivity index (χ0) is 11.9. The Bertz CT molecular complexity index is 333. The summed E-state index contributed by atoms with van der Waals surface area (Å²) in [4.78, 5) is 2.87. The lowest BCUT2D eigenvalue weighted by Gasteiger charge is -2.51.